The SMILES string of the molecule is CNC(=O)C(NC(C)=O)c1cccc(C2CCOCC2)n1. The molecular weight excluding hydrogens is 270 g/mol. The lowest BCUT2D eigenvalue weighted by atomic mass is 9.95. The highest BCUT2D eigenvalue weighted by atomic mass is 16.5. The maximum atomic E-state index is 11.9. The lowest BCUT2D eigenvalue weighted by molar-refractivity contribution is -0.128. The Balaban J connectivity index is 2.23. The summed E-state index contributed by atoms with van der Waals surface area (Å²) in [6, 6.07) is 4.85. The molecule has 6 nitrogen and oxygen atoms in total. The second-order valence-electron chi connectivity index (χ2n) is 5.12. The fourth-order valence-corrected chi connectivity index (χ4v) is 2.47. The average Bonchev–Trinajstić information content (AvgIpc) is 2.52. The smallest absolute Gasteiger partial charge is 0.248 e. The van der Waals surface area contributed by atoms with Crippen LogP contribution in [0.3, 0.4) is 0 Å². The van der Waals surface area contributed by atoms with E-state index in [1.54, 1.807) is 13.1 Å². The largest absolute Gasteiger partial charge is 0.381 e. The average molecular weight is 291 g/mol. The van der Waals surface area contributed by atoms with Crippen LogP contribution < -0.4 is 10.6 Å². The number of carbonyl (C=O) groups is 2. The number of hydrogen-bond donors (Lipinski definition) is 2. The van der Waals surface area contributed by atoms with Gasteiger partial charge in [-0.05, 0) is 25.0 Å². The molecule has 1 aliphatic heterocycles. The van der Waals surface area contributed by atoms with Gasteiger partial charge >= 0.3 is 0 Å². The van der Waals surface area contributed by atoms with Crippen molar-refractivity contribution in [3.8, 4) is 0 Å². The fraction of sp³-hybridized carbons (Fsp3) is 0.533. The lowest BCUT2D eigenvalue weighted by Gasteiger charge is -2.23. The minimum atomic E-state index is -0.757. The number of carbonyl (C=O) groups excluding carboxylic acids is 2. The van der Waals surface area contributed by atoms with Crippen LogP contribution in [-0.4, -0.2) is 37.1 Å². The number of ether oxygens (including phenoxy) is 1. The lowest BCUT2D eigenvalue weighted by Crippen LogP contribution is -2.38. The van der Waals surface area contributed by atoms with Crippen LogP contribution in [-0.2, 0) is 14.3 Å². The molecule has 0 aromatic carbocycles. The second kappa shape index (κ2) is 7.17. The Morgan fingerprint density at radius 1 is 1.33 bits per heavy atom. The van der Waals surface area contributed by atoms with Gasteiger partial charge in [0.05, 0.1) is 5.69 Å². The normalized spacial score (nSPS) is 17.0. The first-order valence-corrected chi connectivity index (χ1v) is 7.15. The molecule has 1 fully saturated rings. The van der Waals surface area contributed by atoms with E-state index in [0.29, 0.717) is 11.6 Å². The van der Waals surface area contributed by atoms with Gasteiger partial charge in [-0.1, -0.05) is 6.07 Å². The quantitative estimate of drug-likeness (QED) is 0.863. The molecule has 21 heavy (non-hydrogen) atoms. The Labute approximate surface area is 124 Å². The Kier molecular flexibility index (Phi) is 5.27. The molecule has 2 heterocycles. The van der Waals surface area contributed by atoms with Gasteiger partial charge in [-0.3, -0.25) is 14.6 Å². The molecule has 1 aromatic rings. The molecule has 6 heteroatoms. The van der Waals surface area contributed by atoms with E-state index >= 15 is 0 Å². The monoisotopic (exact) mass is 291 g/mol. The Hall–Kier alpha value is -1.95. The summed E-state index contributed by atoms with van der Waals surface area (Å²) < 4.78 is 5.36. The Bertz CT molecular complexity index is 513. The molecule has 0 saturated carbocycles. The van der Waals surface area contributed by atoms with Gasteiger partial charge < -0.3 is 15.4 Å². The number of likely N-dealkylation sites (N-methyl/N-ethyl adjacent to an activating group) is 1. The van der Waals surface area contributed by atoms with Crippen molar-refractivity contribution < 1.29 is 14.3 Å². The highest BCUT2D eigenvalue weighted by Crippen LogP contribution is 2.26. The van der Waals surface area contributed by atoms with Crippen molar-refractivity contribution in [2.45, 2.75) is 31.7 Å². The minimum absolute atomic E-state index is 0.262. The zero-order valence-electron chi connectivity index (χ0n) is 12.4. The third-order valence-corrected chi connectivity index (χ3v) is 3.58. The second-order valence-corrected chi connectivity index (χ2v) is 5.12. The fourth-order valence-electron chi connectivity index (χ4n) is 2.47. The molecule has 1 atom stereocenters. The Morgan fingerprint density at radius 2 is 2.05 bits per heavy atom. The predicted octanol–water partition coefficient (Wildman–Crippen LogP) is 0.899. The highest BCUT2D eigenvalue weighted by molar-refractivity contribution is 5.87. The topological polar surface area (TPSA) is 80.3 Å². The summed E-state index contributed by atoms with van der Waals surface area (Å²) in [5.74, 6) is -0.190. The molecule has 114 valence electrons. The standard InChI is InChI=1S/C15H21N3O3/c1-10(19)17-14(15(20)16-2)13-5-3-4-12(18-13)11-6-8-21-9-7-11/h3-5,11,14H,6-9H2,1-2H3,(H,16,20)(H,17,19). The maximum Gasteiger partial charge on any atom is 0.248 e. The number of hydrogen-bond acceptors (Lipinski definition) is 4. The van der Waals surface area contributed by atoms with Crippen LogP contribution in [0, 0.1) is 0 Å². The van der Waals surface area contributed by atoms with Crippen molar-refractivity contribution in [2.24, 2.45) is 0 Å². The first-order chi connectivity index (χ1) is 10.1. The molecule has 1 saturated heterocycles. The van der Waals surface area contributed by atoms with E-state index in [4.69, 9.17) is 4.74 Å². The number of rotatable bonds is 4. The molecule has 2 N–H and O–H groups in total. The maximum absolute atomic E-state index is 11.9. The predicted molar refractivity (Wildman–Crippen MR) is 77.7 cm³/mol. The number of nitrogens with zero attached hydrogens (tertiary/aromatic N) is 1. The van der Waals surface area contributed by atoms with Gasteiger partial charge in [-0.15, -0.1) is 0 Å². The van der Waals surface area contributed by atoms with Gasteiger partial charge in [-0.2, -0.15) is 0 Å². The van der Waals surface area contributed by atoms with E-state index in [9.17, 15) is 9.59 Å². The van der Waals surface area contributed by atoms with E-state index in [2.05, 4.69) is 15.6 Å². The first-order valence-electron chi connectivity index (χ1n) is 7.15. The molecule has 2 amide bonds. The van der Waals surface area contributed by atoms with Crippen LogP contribution in [0.2, 0.25) is 0 Å². The van der Waals surface area contributed by atoms with Crippen LogP contribution in [0.4, 0.5) is 0 Å². The third kappa shape index (κ3) is 4.01. The summed E-state index contributed by atoms with van der Waals surface area (Å²) in [6.07, 6.45) is 1.86. The zero-order chi connectivity index (χ0) is 15.2. The van der Waals surface area contributed by atoms with Crippen LogP contribution in [0.25, 0.3) is 0 Å². The molecule has 0 spiro atoms. The number of nitrogens with one attached hydrogen (secondary N) is 2. The molecule has 0 radical (unpaired) electrons. The van der Waals surface area contributed by atoms with Crippen LogP contribution in [0.5, 0.6) is 0 Å². The van der Waals surface area contributed by atoms with Gasteiger partial charge in [0.1, 0.15) is 0 Å². The molecule has 1 aliphatic rings. The van der Waals surface area contributed by atoms with Crippen molar-refractivity contribution in [1.82, 2.24) is 15.6 Å². The van der Waals surface area contributed by atoms with Crippen molar-refractivity contribution in [1.29, 1.82) is 0 Å². The van der Waals surface area contributed by atoms with Gasteiger partial charge in [0.15, 0.2) is 6.04 Å². The minimum Gasteiger partial charge on any atom is -0.381 e. The summed E-state index contributed by atoms with van der Waals surface area (Å²) in [7, 11) is 1.54. The summed E-state index contributed by atoms with van der Waals surface area (Å²) >= 11 is 0. The van der Waals surface area contributed by atoms with Crippen molar-refractivity contribution >= 4 is 11.8 Å². The number of aromatic nitrogens is 1. The number of amides is 2. The third-order valence-electron chi connectivity index (χ3n) is 3.58. The summed E-state index contributed by atoms with van der Waals surface area (Å²) in [4.78, 5) is 27.8. The van der Waals surface area contributed by atoms with Gasteiger partial charge in [0.2, 0.25) is 11.8 Å². The van der Waals surface area contributed by atoms with Crippen LogP contribution in [0.1, 0.15) is 43.1 Å². The van der Waals surface area contributed by atoms with E-state index < -0.39 is 6.04 Å². The van der Waals surface area contributed by atoms with Gasteiger partial charge in [0, 0.05) is 38.8 Å². The Morgan fingerprint density at radius 3 is 2.67 bits per heavy atom. The molecule has 0 aliphatic carbocycles. The molecule has 1 aromatic heterocycles. The summed E-state index contributed by atoms with van der Waals surface area (Å²) in [5.41, 5.74) is 1.52. The van der Waals surface area contributed by atoms with Crippen molar-refractivity contribution in [3.63, 3.8) is 0 Å². The molecule has 1 unspecified atom stereocenters. The molecular formula is C15H21N3O3. The van der Waals surface area contributed by atoms with E-state index in [-0.39, 0.29) is 11.8 Å². The van der Waals surface area contributed by atoms with Gasteiger partial charge in [-0.25, -0.2) is 0 Å². The van der Waals surface area contributed by atoms with E-state index in [1.807, 2.05) is 12.1 Å². The van der Waals surface area contributed by atoms with E-state index in [1.165, 1.54) is 6.92 Å². The van der Waals surface area contributed by atoms with Crippen molar-refractivity contribution in [3.05, 3.63) is 29.6 Å². The van der Waals surface area contributed by atoms with Crippen molar-refractivity contribution in [2.75, 3.05) is 20.3 Å². The molecule has 0 bridgehead atoms. The van der Waals surface area contributed by atoms with Crippen LogP contribution in [0.15, 0.2) is 18.2 Å². The first kappa shape index (κ1) is 15.4. The molecule has 2 rings (SSSR count). The zero-order valence-corrected chi connectivity index (χ0v) is 12.4. The summed E-state index contributed by atoms with van der Waals surface area (Å²) in [6.45, 7) is 2.86. The van der Waals surface area contributed by atoms with Crippen LogP contribution >= 0.6 is 0 Å². The number of pyridine rings is 1. The summed E-state index contributed by atoms with van der Waals surface area (Å²) in [5, 5.41) is 5.19. The van der Waals surface area contributed by atoms with E-state index in [0.717, 1.165) is 31.7 Å². The van der Waals surface area contributed by atoms with Gasteiger partial charge in [0.25, 0.3) is 0 Å². The highest BCUT2D eigenvalue weighted by Gasteiger charge is 2.24.